The van der Waals surface area contributed by atoms with Gasteiger partial charge >= 0.3 is 0 Å². The molecule has 0 nitrogen and oxygen atoms in total. The van der Waals surface area contributed by atoms with Gasteiger partial charge in [-0.3, -0.25) is 0 Å². The van der Waals surface area contributed by atoms with E-state index in [1.165, 1.54) is 16.7 Å². The van der Waals surface area contributed by atoms with E-state index in [1.807, 2.05) is 19.9 Å². The summed E-state index contributed by atoms with van der Waals surface area (Å²) in [5.41, 5.74) is 3.82. The van der Waals surface area contributed by atoms with E-state index in [0.717, 1.165) is 0 Å². The SMILES string of the molecule is C=Cc1cc(C)ccc1C.CC. The average molecular weight is 162 g/mol. The number of benzene rings is 1. The van der Waals surface area contributed by atoms with Gasteiger partial charge in [-0.15, -0.1) is 0 Å². The van der Waals surface area contributed by atoms with Gasteiger partial charge in [0.1, 0.15) is 0 Å². The Morgan fingerprint density at radius 1 is 1.17 bits per heavy atom. The molecule has 0 spiro atoms. The summed E-state index contributed by atoms with van der Waals surface area (Å²) in [7, 11) is 0. The van der Waals surface area contributed by atoms with Gasteiger partial charge in [0.2, 0.25) is 0 Å². The Labute approximate surface area is 75.9 Å². The molecule has 0 N–H and O–H groups in total. The highest BCUT2D eigenvalue weighted by atomic mass is 14.0. The van der Waals surface area contributed by atoms with E-state index in [1.54, 1.807) is 0 Å². The quantitative estimate of drug-likeness (QED) is 0.586. The second kappa shape index (κ2) is 5.59. The standard InChI is InChI=1S/C10H12.C2H6/c1-4-10-7-8(2)5-6-9(10)3;1-2/h4-7H,1H2,2-3H3;1-2H3. The van der Waals surface area contributed by atoms with Crippen LogP contribution < -0.4 is 0 Å². The Morgan fingerprint density at radius 3 is 2.17 bits per heavy atom. The molecular formula is C12H18. The number of aryl methyl sites for hydroxylation is 2. The lowest BCUT2D eigenvalue weighted by molar-refractivity contribution is 1.38. The Balaban J connectivity index is 0.000000561. The minimum absolute atomic E-state index is 1.24. The van der Waals surface area contributed by atoms with Gasteiger partial charge in [0.05, 0.1) is 0 Å². The second-order valence-corrected chi connectivity index (χ2v) is 2.56. The molecule has 0 bridgehead atoms. The molecule has 1 aromatic rings. The maximum Gasteiger partial charge on any atom is -0.0231 e. The zero-order valence-electron chi connectivity index (χ0n) is 8.52. The highest BCUT2D eigenvalue weighted by molar-refractivity contribution is 5.52. The minimum atomic E-state index is 1.24. The van der Waals surface area contributed by atoms with Crippen molar-refractivity contribution in [2.75, 3.05) is 0 Å². The van der Waals surface area contributed by atoms with Crippen LogP contribution in [-0.4, -0.2) is 0 Å². The Morgan fingerprint density at radius 2 is 1.75 bits per heavy atom. The van der Waals surface area contributed by atoms with Gasteiger partial charge in [-0.2, -0.15) is 0 Å². The highest BCUT2D eigenvalue weighted by Crippen LogP contribution is 2.10. The van der Waals surface area contributed by atoms with Gasteiger partial charge < -0.3 is 0 Å². The van der Waals surface area contributed by atoms with Crippen molar-refractivity contribution in [1.29, 1.82) is 0 Å². The monoisotopic (exact) mass is 162 g/mol. The maximum atomic E-state index is 3.73. The lowest BCUT2D eigenvalue weighted by atomic mass is 10.1. The smallest absolute Gasteiger partial charge is 0.0231 e. The molecule has 0 heteroatoms. The van der Waals surface area contributed by atoms with E-state index in [-0.39, 0.29) is 0 Å². The largest absolute Gasteiger partial charge is 0.0985 e. The summed E-state index contributed by atoms with van der Waals surface area (Å²) < 4.78 is 0. The van der Waals surface area contributed by atoms with Crippen molar-refractivity contribution < 1.29 is 0 Å². The zero-order valence-corrected chi connectivity index (χ0v) is 8.52. The van der Waals surface area contributed by atoms with Gasteiger partial charge in [-0.1, -0.05) is 50.3 Å². The molecule has 0 radical (unpaired) electrons. The van der Waals surface area contributed by atoms with Crippen molar-refractivity contribution >= 4 is 6.08 Å². The first-order valence-electron chi connectivity index (χ1n) is 4.43. The van der Waals surface area contributed by atoms with Crippen LogP contribution in [0.3, 0.4) is 0 Å². The Hall–Kier alpha value is -1.04. The van der Waals surface area contributed by atoms with E-state index < -0.39 is 0 Å². The summed E-state index contributed by atoms with van der Waals surface area (Å²) in [6, 6.07) is 6.37. The molecule has 0 aliphatic carbocycles. The number of rotatable bonds is 1. The second-order valence-electron chi connectivity index (χ2n) is 2.56. The topological polar surface area (TPSA) is 0 Å². The molecule has 0 unspecified atom stereocenters. The minimum Gasteiger partial charge on any atom is -0.0985 e. The third kappa shape index (κ3) is 2.91. The average Bonchev–Trinajstić information content (AvgIpc) is 2.13. The summed E-state index contributed by atoms with van der Waals surface area (Å²) in [6.45, 7) is 11.9. The normalized spacial score (nSPS) is 8.33. The highest BCUT2D eigenvalue weighted by Gasteiger charge is 1.91. The van der Waals surface area contributed by atoms with E-state index in [0.29, 0.717) is 0 Å². The molecule has 66 valence electrons. The zero-order chi connectivity index (χ0) is 9.56. The predicted molar refractivity (Wildman–Crippen MR) is 57.4 cm³/mol. The maximum absolute atomic E-state index is 3.73. The van der Waals surface area contributed by atoms with Crippen molar-refractivity contribution in [3.8, 4) is 0 Å². The lowest BCUT2D eigenvalue weighted by Crippen LogP contribution is -1.80. The molecule has 0 heterocycles. The fraction of sp³-hybridized carbons (Fsp3) is 0.333. The third-order valence-corrected chi connectivity index (χ3v) is 1.65. The van der Waals surface area contributed by atoms with Crippen molar-refractivity contribution in [3.05, 3.63) is 41.5 Å². The molecule has 0 atom stereocenters. The Bertz CT molecular complexity index is 246. The molecule has 1 aromatic carbocycles. The molecule has 0 saturated carbocycles. The van der Waals surface area contributed by atoms with Crippen LogP contribution in [-0.2, 0) is 0 Å². The molecule has 1 rings (SSSR count). The lowest BCUT2D eigenvalue weighted by Gasteiger charge is -1.99. The van der Waals surface area contributed by atoms with Gasteiger partial charge in [-0.25, -0.2) is 0 Å². The first kappa shape index (κ1) is 11.0. The van der Waals surface area contributed by atoms with Crippen LogP contribution in [0.5, 0.6) is 0 Å². The van der Waals surface area contributed by atoms with Crippen LogP contribution in [0, 0.1) is 13.8 Å². The van der Waals surface area contributed by atoms with Crippen molar-refractivity contribution in [1.82, 2.24) is 0 Å². The van der Waals surface area contributed by atoms with E-state index in [9.17, 15) is 0 Å². The first-order valence-corrected chi connectivity index (χ1v) is 4.43. The number of hydrogen-bond acceptors (Lipinski definition) is 0. The molecule has 0 amide bonds. The molecule has 0 saturated heterocycles. The van der Waals surface area contributed by atoms with Crippen LogP contribution in [0.4, 0.5) is 0 Å². The summed E-state index contributed by atoms with van der Waals surface area (Å²) in [4.78, 5) is 0. The summed E-state index contributed by atoms with van der Waals surface area (Å²) >= 11 is 0. The Kier molecular flexibility index (Phi) is 5.11. The number of hydrogen-bond donors (Lipinski definition) is 0. The van der Waals surface area contributed by atoms with Crippen LogP contribution in [0.2, 0.25) is 0 Å². The summed E-state index contributed by atoms with van der Waals surface area (Å²) in [5, 5.41) is 0. The fourth-order valence-electron chi connectivity index (χ4n) is 0.980. The van der Waals surface area contributed by atoms with Crippen molar-refractivity contribution in [3.63, 3.8) is 0 Å². The van der Waals surface area contributed by atoms with Gasteiger partial charge in [0.15, 0.2) is 0 Å². The van der Waals surface area contributed by atoms with Gasteiger partial charge in [0.25, 0.3) is 0 Å². The van der Waals surface area contributed by atoms with Crippen LogP contribution in [0.15, 0.2) is 24.8 Å². The molecule has 0 fully saturated rings. The first-order chi connectivity index (χ1) is 5.74. The fourth-order valence-corrected chi connectivity index (χ4v) is 0.980. The van der Waals surface area contributed by atoms with E-state index in [2.05, 4.69) is 38.6 Å². The molecule has 0 aliphatic heterocycles. The summed E-state index contributed by atoms with van der Waals surface area (Å²) in [6.07, 6.45) is 1.89. The molecular weight excluding hydrogens is 144 g/mol. The van der Waals surface area contributed by atoms with E-state index in [4.69, 9.17) is 0 Å². The van der Waals surface area contributed by atoms with Crippen molar-refractivity contribution in [2.45, 2.75) is 27.7 Å². The van der Waals surface area contributed by atoms with Crippen LogP contribution in [0.25, 0.3) is 6.08 Å². The van der Waals surface area contributed by atoms with Gasteiger partial charge in [-0.05, 0) is 25.0 Å². The van der Waals surface area contributed by atoms with Gasteiger partial charge in [0, 0.05) is 0 Å². The van der Waals surface area contributed by atoms with Crippen LogP contribution in [0.1, 0.15) is 30.5 Å². The molecule has 12 heavy (non-hydrogen) atoms. The molecule has 0 aliphatic rings. The van der Waals surface area contributed by atoms with Crippen LogP contribution >= 0.6 is 0 Å². The molecule has 0 aromatic heterocycles. The van der Waals surface area contributed by atoms with Crippen molar-refractivity contribution in [2.24, 2.45) is 0 Å². The van der Waals surface area contributed by atoms with E-state index >= 15 is 0 Å². The summed E-state index contributed by atoms with van der Waals surface area (Å²) in [5.74, 6) is 0. The predicted octanol–water partition coefficient (Wildman–Crippen LogP) is 3.97. The third-order valence-electron chi connectivity index (χ3n) is 1.65.